The Balaban J connectivity index is 2.31. The maximum Gasteiger partial charge on any atom is 0.174 e. The molecule has 2 aromatic rings. The molecule has 0 atom stereocenters. The van der Waals surface area contributed by atoms with E-state index in [2.05, 4.69) is 9.36 Å². The molecule has 0 spiro atoms. The largest absolute Gasteiger partial charge is 0.398 e. The second-order valence-corrected chi connectivity index (χ2v) is 5.39. The molecule has 0 radical (unpaired) electrons. The molecule has 0 aliphatic carbocycles. The van der Waals surface area contributed by atoms with E-state index in [0.29, 0.717) is 11.3 Å². The molecule has 1 heterocycles. The lowest BCUT2D eigenvalue weighted by atomic mass is 10.2. The number of aryl methyl sites for hydroxylation is 2. The maximum absolute atomic E-state index is 13.2. The molecule has 6 heteroatoms. The van der Waals surface area contributed by atoms with Crippen LogP contribution in [0.5, 0.6) is 0 Å². The summed E-state index contributed by atoms with van der Waals surface area (Å²) >= 11 is 2.73. The summed E-state index contributed by atoms with van der Waals surface area (Å²) in [6.45, 7) is 3.55. The van der Waals surface area contributed by atoms with Crippen LogP contribution in [0.2, 0.25) is 0 Å². The number of hydrogen-bond donors (Lipinski definition) is 1. The van der Waals surface area contributed by atoms with Gasteiger partial charge in [0.05, 0.1) is 0 Å². The molecule has 0 amide bonds. The summed E-state index contributed by atoms with van der Waals surface area (Å²) in [5, 5.41) is 0. The van der Waals surface area contributed by atoms with Crippen LogP contribution in [0.3, 0.4) is 0 Å². The van der Waals surface area contributed by atoms with Crippen molar-refractivity contribution in [2.75, 3.05) is 5.73 Å². The zero-order valence-electron chi connectivity index (χ0n) is 8.82. The van der Waals surface area contributed by atoms with Gasteiger partial charge in [0, 0.05) is 10.6 Å². The van der Waals surface area contributed by atoms with Gasteiger partial charge >= 0.3 is 0 Å². The molecule has 0 bridgehead atoms. The molecule has 0 aliphatic rings. The second kappa shape index (κ2) is 4.39. The third-order valence-corrected chi connectivity index (χ3v) is 3.91. The van der Waals surface area contributed by atoms with Crippen LogP contribution in [0.4, 0.5) is 10.1 Å². The minimum absolute atomic E-state index is 0.282. The van der Waals surface area contributed by atoms with Gasteiger partial charge in [0.1, 0.15) is 11.6 Å². The van der Waals surface area contributed by atoms with Gasteiger partial charge in [0.25, 0.3) is 0 Å². The van der Waals surface area contributed by atoms with Crippen LogP contribution in [0.25, 0.3) is 0 Å². The molecular weight excluding hydrogens is 245 g/mol. The van der Waals surface area contributed by atoms with Crippen LogP contribution in [-0.4, -0.2) is 9.36 Å². The van der Waals surface area contributed by atoms with Gasteiger partial charge in [-0.15, -0.1) is 0 Å². The van der Waals surface area contributed by atoms with E-state index >= 15 is 0 Å². The first kappa shape index (κ1) is 11.3. The van der Waals surface area contributed by atoms with Crippen molar-refractivity contribution in [2.24, 2.45) is 0 Å². The van der Waals surface area contributed by atoms with Gasteiger partial charge in [0.15, 0.2) is 4.34 Å². The fourth-order valence-electron chi connectivity index (χ4n) is 1.17. The van der Waals surface area contributed by atoms with E-state index in [0.717, 1.165) is 15.1 Å². The Morgan fingerprint density at radius 1 is 1.38 bits per heavy atom. The fraction of sp³-hybridized carbons (Fsp3) is 0.200. The highest BCUT2D eigenvalue weighted by molar-refractivity contribution is 8.01. The highest BCUT2D eigenvalue weighted by atomic mass is 32.2. The Hall–Kier alpha value is -1.14. The van der Waals surface area contributed by atoms with E-state index in [-0.39, 0.29) is 5.82 Å². The lowest BCUT2D eigenvalue weighted by Crippen LogP contribution is -1.92. The molecule has 0 saturated carbocycles. The number of aromatic nitrogens is 2. The normalized spacial score (nSPS) is 10.7. The average Bonchev–Trinajstić information content (AvgIpc) is 2.60. The quantitative estimate of drug-likeness (QED) is 0.838. The van der Waals surface area contributed by atoms with Gasteiger partial charge in [0.2, 0.25) is 0 Å². The first-order valence-corrected chi connectivity index (χ1v) is 6.19. The zero-order chi connectivity index (χ0) is 11.7. The molecule has 0 fully saturated rings. The van der Waals surface area contributed by atoms with Crippen molar-refractivity contribution in [2.45, 2.75) is 23.1 Å². The predicted molar refractivity (Wildman–Crippen MR) is 64.3 cm³/mol. The average molecular weight is 255 g/mol. The van der Waals surface area contributed by atoms with E-state index in [1.54, 1.807) is 13.0 Å². The van der Waals surface area contributed by atoms with Gasteiger partial charge in [-0.25, -0.2) is 9.37 Å². The van der Waals surface area contributed by atoms with Crippen LogP contribution < -0.4 is 5.73 Å². The summed E-state index contributed by atoms with van der Waals surface area (Å²) in [7, 11) is 0. The molecular formula is C10H10FN3S2. The van der Waals surface area contributed by atoms with E-state index in [1.807, 2.05) is 6.92 Å². The first-order valence-electron chi connectivity index (χ1n) is 4.60. The maximum atomic E-state index is 13.2. The van der Waals surface area contributed by atoms with E-state index in [1.165, 1.54) is 29.4 Å². The third-order valence-electron chi connectivity index (χ3n) is 2.00. The summed E-state index contributed by atoms with van der Waals surface area (Å²) in [6.07, 6.45) is 0. The molecule has 0 saturated heterocycles. The molecule has 1 aromatic heterocycles. The van der Waals surface area contributed by atoms with Crippen molar-refractivity contribution >= 4 is 29.0 Å². The molecule has 0 aliphatic heterocycles. The first-order chi connectivity index (χ1) is 7.56. The van der Waals surface area contributed by atoms with Crippen molar-refractivity contribution in [3.05, 3.63) is 29.3 Å². The summed E-state index contributed by atoms with van der Waals surface area (Å²) in [5.41, 5.74) is 6.75. The number of benzene rings is 1. The lowest BCUT2D eigenvalue weighted by molar-refractivity contribution is 0.618. The molecule has 3 nitrogen and oxygen atoms in total. The van der Waals surface area contributed by atoms with Crippen molar-refractivity contribution in [1.82, 2.24) is 9.36 Å². The summed E-state index contributed by atoms with van der Waals surface area (Å²) < 4.78 is 18.1. The Morgan fingerprint density at radius 2 is 2.12 bits per heavy atom. The minimum atomic E-state index is -0.282. The van der Waals surface area contributed by atoms with Gasteiger partial charge in [-0.2, -0.15) is 4.37 Å². The molecule has 84 valence electrons. The Morgan fingerprint density at radius 3 is 2.75 bits per heavy atom. The Kier molecular flexibility index (Phi) is 3.11. The van der Waals surface area contributed by atoms with Gasteiger partial charge in [-0.3, -0.25) is 0 Å². The Bertz CT molecular complexity index is 525. The van der Waals surface area contributed by atoms with Gasteiger partial charge < -0.3 is 5.73 Å². The molecule has 0 unspecified atom stereocenters. The predicted octanol–water partition coefficient (Wildman–Crippen LogP) is 3.03. The van der Waals surface area contributed by atoms with Crippen LogP contribution in [-0.2, 0) is 0 Å². The molecule has 2 rings (SSSR count). The van der Waals surface area contributed by atoms with Crippen LogP contribution in [0, 0.1) is 19.7 Å². The number of rotatable bonds is 2. The number of nitrogens with zero attached hydrogens (tertiary/aromatic N) is 2. The summed E-state index contributed by atoms with van der Waals surface area (Å²) in [6, 6.07) is 3.07. The zero-order valence-corrected chi connectivity index (χ0v) is 10.5. The van der Waals surface area contributed by atoms with Gasteiger partial charge in [-0.1, -0.05) is 11.8 Å². The van der Waals surface area contributed by atoms with E-state index < -0.39 is 0 Å². The number of anilines is 1. The minimum Gasteiger partial charge on any atom is -0.398 e. The standard InChI is InChI=1S/C10H10FN3S2/c1-5-3-9(8(12)4-7(5)11)15-10-13-6(2)14-16-10/h3-4H,12H2,1-2H3. The highest BCUT2D eigenvalue weighted by Gasteiger charge is 2.09. The second-order valence-electron chi connectivity index (χ2n) is 3.35. The lowest BCUT2D eigenvalue weighted by Gasteiger charge is -2.05. The fourth-order valence-corrected chi connectivity index (χ4v) is 2.90. The van der Waals surface area contributed by atoms with Crippen LogP contribution >= 0.6 is 23.3 Å². The van der Waals surface area contributed by atoms with Crippen LogP contribution in [0.1, 0.15) is 11.4 Å². The van der Waals surface area contributed by atoms with E-state index in [9.17, 15) is 4.39 Å². The van der Waals surface area contributed by atoms with Crippen molar-refractivity contribution < 1.29 is 4.39 Å². The smallest absolute Gasteiger partial charge is 0.174 e. The molecule has 16 heavy (non-hydrogen) atoms. The van der Waals surface area contributed by atoms with Crippen molar-refractivity contribution in [3.8, 4) is 0 Å². The molecule has 2 N–H and O–H groups in total. The summed E-state index contributed by atoms with van der Waals surface area (Å²) in [4.78, 5) is 5.04. The number of nitrogens with two attached hydrogens (primary N) is 1. The van der Waals surface area contributed by atoms with Crippen molar-refractivity contribution in [1.29, 1.82) is 0 Å². The molecule has 1 aromatic carbocycles. The monoisotopic (exact) mass is 255 g/mol. The SMILES string of the molecule is Cc1nsc(Sc2cc(C)c(F)cc2N)n1. The van der Waals surface area contributed by atoms with E-state index in [4.69, 9.17) is 5.73 Å². The summed E-state index contributed by atoms with van der Waals surface area (Å²) in [5.74, 6) is 0.459. The number of nitrogen functional groups attached to an aromatic ring is 1. The van der Waals surface area contributed by atoms with Crippen LogP contribution in [0.15, 0.2) is 21.4 Å². The third kappa shape index (κ3) is 2.33. The number of hydrogen-bond acceptors (Lipinski definition) is 5. The highest BCUT2D eigenvalue weighted by Crippen LogP contribution is 2.34. The topological polar surface area (TPSA) is 51.8 Å². The number of halogens is 1. The van der Waals surface area contributed by atoms with Crippen molar-refractivity contribution in [3.63, 3.8) is 0 Å². The Labute approximate surface area is 101 Å². The van der Waals surface area contributed by atoms with Gasteiger partial charge in [-0.05, 0) is 43.1 Å².